The second-order valence-corrected chi connectivity index (χ2v) is 9.29. The predicted octanol–water partition coefficient (Wildman–Crippen LogP) is 2.88. The van der Waals surface area contributed by atoms with Crippen molar-refractivity contribution in [1.29, 1.82) is 0 Å². The zero-order valence-electron chi connectivity index (χ0n) is 17.6. The fourth-order valence-electron chi connectivity index (χ4n) is 2.21. The van der Waals surface area contributed by atoms with E-state index in [1.807, 2.05) is 33.3 Å². The number of hydrogen-bond acceptors (Lipinski definition) is 4. The number of benzene rings is 2. The Morgan fingerprint density at radius 3 is 1.35 bits per heavy atom. The number of aryl methyl sites for hydroxylation is 4. The summed E-state index contributed by atoms with van der Waals surface area (Å²) in [5.41, 5.74) is 1.91. The molecular weight excluding hydrogens is 535 g/mol. The summed E-state index contributed by atoms with van der Waals surface area (Å²) in [6.45, 7) is 5.81. The molecule has 1 heterocycles. The molecule has 0 aliphatic heterocycles. The molecule has 0 saturated carbocycles. The molecule has 0 fully saturated rings. The number of rotatable bonds is 3. The van der Waals surface area contributed by atoms with Crippen molar-refractivity contribution in [3.63, 3.8) is 0 Å². The van der Waals surface area contributed by atoms with Crippen molar-refractivity contribution in [2.24, 2.45) is 7.05 Å². The Hall–Kier alpha value is -1.87. The molecule has 174 valence electrons. The molecule has 0 bridgehead atoms. The molecule has 3 rings (SSSR count). The van der Waals surface area contributed by atoms with Gasteiger partial charge in [-0.2, -0.15) is 16.8 Å². The molecule has 0 amide bonds. The van der Waals surface area contributed by atoms with Gasteiger partial charge in [-0.05, 0) is 38.1 Å². The molecule has 0 saturated heterocycles. The summed E-state index contributed by atoms with van der Waals surface area (Å²) in [5.74, 6) is 1.27. The molecule has 3 N–H and O–H groups in total. The van der Waals surface area contributed by atoms with Gasteiger partial charge in [-0.25, -0.2) is 9.55 Å². The van der Waals surface area contributed by atoms with Gasteiger partial charge in [0.2, 0.25) is 0 Å². The van der Waals surface area contributed by atoms with Crippen LogP contribution in [-0.2, 0) is 54.1 Å². The molecule has 3 aromatic rings. The van der Waals surface area contributed by atoms with Crippen LogP contribution in [0.25, 0.3) is 0 Å². The Kier molecular flexibility index (Phi) is 12.1. The summed E-state index contributed by atoms with van der Waals surface area (Å²) in [6, 6.07) is 12.0. The van der Waals surface area contributed by atoms with Crippen molar-refractivity contribution in [2.45, 2.75) is 37.0 Å². The summed E-state index contributed by atoms with van der Waals surface area (Å²) < 4.78 is 61.2. The first-order valence-electron chi connectivity index (χ1n) is 8.94. The summed E-state index contributed by atoms with van der Waals surface area (Å²) in [5, 5.41) is 0. The van der Waals surface area contributed by atoms with Crippen LogP contribution in [0, 0.1) is 13.8 Å². The Morgan fingerprint density at radius 1 is 0.806 bits per heavy atom. The first kappa shape index (κ1) is 29.1. The average molecular weight is 562 g/mol. The molecule has 0 aliphatic carbocycles. The summed E-state index contributed by atoms with van der Waals surface area (Å²) in [7, 11) is -6.00. The van der Waals surface area contributed by atoms with Crippen LogP contribution in [0.1, 0.15) is 23.9 Å². The van der Waals surface area contributed by atoms with Gasteiger partial charge in [0.1, 0.15) is 12.4 Å². The van der Waals surface area contributed by atoms with Crippen molar-refractivity contribution < 1.29 is 50.9 Å². The molecule has 0 unspecified atom stereocenters. The number of nitrogens with zero attached hydrogens (tertiary/aromatic N) is 1. The maximum absolute atomic E-state index is 10.5. The van der Waals surface area contributed by atoms with E-state index in [4.69, 9.17) is 9.11 Å². The van der Waals surface area contributed by atoms with Crippen LogP contribution in [0.2, 0.25) is 0 Å². The Bertz CT molecular complexity index is 1070. The number of aromatic nitrogens is 2. The Morgan fingerprint density at radius 2 is 1.16 bits per heavy atom. The van der Waals surface area contributed by atoms with E-state index in [1.165, 1.54) is 30.1 Å². The van der Waals surface area contributed by atoms with Crippen LogP contribution in [0.3, 0.4) is 0 Å². The van der Waals surface area contributed by atoms with Crippen molar-refractivity contribution in [2.75, 3.05) is 0 Å². The molecule has 1 aromatic heterocycles. The third-order valence-corrected chi connectivity index (χ3v) is 5.68. The van der Waals surface area contributed by atoms with E-state index in [-0.39, 0.29) is 30.2 Å². The zero-order chi connectivity index (χ0) is 22.9. The number of H-pyrrole nitrogens is 1. The number of nitrogens with one attached hydrogen (secondary N) is 1. The van der Waals surface area contributed by atoms with Gasteiger partial charge >= 0.3 is 0 Å². The Balaban J connectivity index is 0.000000434. The fourth-order valence-corrected chi connectivity index (χ4v) is 3.17. The number of aromatic amines is 1. The normalized spacial score (nSPS) is 10.6. The maximum Gasteiger partial charge on any atom is 0.294 e. The summed E-state index contributed by atoms with van der Waals surface area (Å²) in [6.07, 6.45) is 5.03. The first-order valence-corrected chi connectivity index (χ1v) is 11.8. The maximum atomic E-state index is 10.5. The van der Waals surface area contributed by atoms with E-state index in [0.29, 0.717) is 0 Å². The zero-order valence-corrected chi connectivity index (χ0v) is 20.8. The second-order valence-electron chi connectivity index (χ2n) is 6.45. The smallest absolute Gasteiger partial charge is 0.282 e. The predicted molar refractivity (Wildman–Crippen MR) is 113 cm³/mol. The topological polar surface area (TPSA) is 128 Å². The molecule has 0 aliphatic rings. The fraction of sp³-hybridized carbons (Fsp3) is 0.250. The average Bonchev–Trinajstić information content (AvgIpc) is 3.07. The van der Waals surface area contributed by atoms with Gasteiger partial charge in [-0.15, -0.1) is 0 Å². The van der Waals surface area contributed by atoms with E-state index >= 15 is 0 Å². The quantitative estimate of drug-likeness (QED) is 0.256. The largest absolute Gasteiger partial charge is 0.294 e. The SMILES string of the molecule is CCc1[nH]cc[n+]1C.Cc1ccc(S(=O)(=O)O)cc1.Cc1ccc(S(=O)(=O)O)cc1.[Pd]. The molecule has 2 aromatic carbocycles. The monoisotopic (exact) mass is 561 g/mol. The van der Waals surface area contributed by atoms with Crippen LogP contribution in [0.5, 0.6) is 0 Å². The minimum atomic E-state index is -4.02. The molecule has 8 nitrogen and oxygen atoms in total. The number of imidazole rings is 1. The molecule has 0 atom stereocenters. The van der Waals surface area contributed by atoms with Crippen LogP contribution in [-0.4, -0.2) is 30.9 Å². The van der Waals surface area contributed by atoms with Crippen molar-refractivity contribution in [3.05, 3.63) is 77.9 Å². The van der Waals surface area contributed by atoms with Crippen LogP contribution in [0.4, 0.5) is 0 Å². The molecule has 11 heteroatoms. The molecular formula is C20H27N2O6PdS2+. The van der Waals surface area contributed by atoms with Gasteiger partial charge in [0.05, 0.1) is 16.8 Å². The number of hydrogen-bond donors (Lipinski definition) is 3. The minimum Gasteiger partial charge on any atom is -0.282 e. The van der Waals surface area contributed by atoms with Crippen molar-refractivity contribution in [3.8, 4) is 0 Å². The van der Waals surface area contributed by atoms with Crippen LogP contribution in [0.15, 0.2) is 70.7 Å². The van der Waals surface area contributed by atoms with Gasteiger partial charge < -0.3 is 0 Å². The van der Waals surface area contributed by atoms with E-state index in [0.717, 1.165) is 17.5 Å². The van der Waals surface area contributed by atoms with Crippen molar-refractivity contribution >= 4 is 20.2 Å². The van der Waals surface area contributed by atoms with Crippen LogP contribution < -0.4 is 4.57 Å². The van der Waals surface area contributed by atoms with E-state index in [9.17, 15) is 16.8 Å². The Labute approximate surface area is 197 Å². The van der Waals surface area contributed by atoms with E-state index in [1.54, 1.807) is 24.3 Å². The van der Waals surface area contributed by atoms with Crippen LogP contribution >= 0.6 is 0 Å². The first-order chi connectivity index (χ1) is 13.8. The molecule has 31 heavy (non-hydrogen) atoms. The van der Waals surface area contributed by atoms with Gasteiger partial charge in [0.15, 0.2) is 0 Å². The van der Waals surface area contributed by atoms with Crippen molar-refractivity contribution in [1.82, 2.24) is 4.98 Å². The molecule has 0 radical (unpaired) electrons. The van der Waals surface area contributed by atoms with Gasteiger partial charge in [0.25, 0.3) is 26.1 Å². The van der Waals surface area contributed by atoms with Gasteiger partial charge in [-0.1, -0.05) is 42.3 Å². The second kappa shape index (κ2) is 12.9. The molecule has 0 spiro atoms. The van der Waals surface area contributed by atoms with E-state index in [2.05, 4.69) is 16.5 Å². The van der Waals surface area contributed by atoms with Gasteiger partial charge in [0, 0.05) is 26.8 Å². The third-order valence-electron chi connectivity index (χ3n) is 3.95. The summed E-state index contributed by atoms with van der Waals surface area (Å²) >= 11 is 0. The summed E-state index contributed by atoms with van der Waals surface area (Å²) in [4.78, 5) is 2.98. The van der Waals surface area contributed by atoms with Gasteiger partial charge in [-0.3, -0.25) is 9.11 Å². The standard InChI is InChI=1S/2C7H8O3S.C6H10N2.Pd/c2*1-6-2-4-7(5-3-6)11(8,9)10;1-3-6-7-4-5-8(6)2;/h2*2-5H,1H3,(H,8,9,10);4-5H,3H2,1-2H3;/p+1. The van der Waals surface area contributed by atoms with E-state index < -0.39 is 20.2 Å². The third kappa shape index (κ3) is 10.8. The minimum absolute atomic E-state index is 0.